The highest BCUT2D eigenvalue weighted by Gasteiger charge is 2.14. The Hall–Kier alpha value is -0.000000000000000111. The molecule has 1 aliphatic rings. The summed E-state index contributed by atoms with van der Waals surface area (Å²) < 4.78 is 0.916. The van der Waals surface area contributed by atoms with Crippen LogP contribution in [0.1, 0.15) is 6.42 Å². The lowest BCUT2D eigenvalue weighted by Crippen LogP contribution is -2.26. The summed E-state index contributed by atoms with van der Waals surface area (Å²) in [6, 6.07) is 0. The molecule has 1 saturated heterocycles. The molecule has 15 heavy (non-hydrogen) atoms. The lowest BCUT2D eigenvalue weighted by molar-refractivity contribution is 0.796. The van der Waals surface area contributed by atoms with Gasteiger partial charge in [-0.15, -0.1) is 0 Å². The van der Waals surface area contributed by atoms with E-state index in [1.807, 2.05) is 11.8 Å². The SMILES string of the molecule is Clc1ncc(Br)c(N2CCCSCC2)n1. The van der Waals surface area contributed by atoms with Crippen LogP contribution in [0.25, 0.3) is 0 Å². The summed E-state index contributed by atoms with van der Waals surface area (Å²) in [5, 5.41) is 0.310. The van der Waals surface area contributed by atoms with Crippen molar-refractivity contribution in [3.05, 3.63) is 16.0 Å². The Morgan fingerprint density at radius 3 is 3.13 bits per heavy atom. The molecule has 0 aliphatic carbocycles. The minimum atomic E-state index is 0.310. The summed E-state index contributed by atoms with van der Waals surface area (Å²) in [6.07, 6.45) is 2.90. The number of aromatic nitrogens is 2. The molecule has 0 saturated carbocycles. The van der Waals surface area contributed by atoms with Gasteiger partial charge in [-0.2, -0.15) is 16.7 Å². The van der Waals surface area contributed by atoms with Gasteiger partial charge in [-0.25, -0.2) is 4.98 Å². The highest BCUT2D eigenvalue weighted by atomic mass is 79.9. The van der Waals surface area contributed by atoms with Gasteiger partial charge in [-0.1, -0.05) is 0 Å². The Bertz CT molecular complexity index is 342. The van der Waals surface area contributed by atoms with Gasteiger partial charge in [0.1, 0.15) is 5.82 Å². The molecule has 0 spiro atoms. The molecule has 1 fully saturated rings. The first-order valence-electron chi connectivity index (χ1n) is 4.78. The Kier molecular flexibility index (Phi) is 4.11. The van der Waals surface area contributed by atoms with E-state index in [1.165, 1.54) is 12.2 Å². The summed E-state index contributed by atoms with van der Waals surface area (Å²) in [4.78, 5) is 10.5. The maximum Gasteiger partial charge on any atom is 0.224 e. The van der Waals surface area contributed by atoms with Crippen LogP contribution in [0.5, 0.6) is 0 Å². The molecule has 2 rings (SSSR count). The second-order valence-corrected chi connectivity index (χ2v) is 5.68. The molecule has 0 N–H and O–H groups in total. The van der Waals surface area contributed by atoms with E-state index in [2.05, 4.69) is 30.8 Å². The third kappa shape index (κ3) is 2.98. The maximum atomic E-state index is 5.80. The normalized spacial score (nSPS) is 17.6. The molecule has 0 amide bonds. The van der Waals surface area contributed by atoms with Gasteiger partial charge in [0.2, 0.25) is 5.28 Å². The van der Waals surface area contributed by atoms with Crippen molar-refractivity contribution in [3.63, 3.8) is 0 Å². The lowest BCUT2D eigenvalue weighted by atomic mass is 10.4. The molecule has 3 nitrogen and oxygen atoms in total. The Balaban J connectivity index is 2.22. The quantitative estimate of drug-likeness (QED) is 0.746. The highest BCUT2D eigenvalue weighted by molar-refractivity contribution is 9.10. The Morgan fingerprint density at radius 2 is 2.27 bits per heavy atom. The molecule has 1 aromatic heterocycles. The fourth-order valence-corrected chi connectivity index (χ4v) is 2.97. The third-order valence-electron chi connectivity index (χ3n) is 2.22. The number of halogens is 2. The maximum absolute atomic E-state index is 5.80. The average Bonchev–Trinajstić information content (AvgIpc) is 2.50. The molecule has 82 valence electrons. The van der Waals surface area contributed by atoms with E-state index in [-0.39, 0.29) is 0 Å². The smallest absolute Gasteiger partial charge is 0.224 e. The Morgan fingerprint density at radius 1 is 1.40 bits per heavy atom. The van der Waals surface area contributed by atoms with Crippen LogP contribution in [0.3, 0.4) is 0 Å². The standard InChI is InChI=1S/C9H11BrClN3S/c10-7-6-12-9(11)13-8(7)14-2-1-4-15-5-3-14/h6H,1-5H2. The van der Waals surface area contributed by atoms with E-state index < -0.39 is 0 Å². The number of hydrogen-bond acceptors (Lipinski definition) is 4. The zero-order chi connectivity index (χ0) is 10.7. The van der Waals surface area contributed by atoms with Crippen LogP contribution in [0, 0.1) is 0 Å². The summed E-state index contributed by atoms with van der Waals surface area (Å²) in [5.74, 6) is 3.29. The molecule has 1 aliphatic heterocycles. The number of anilines is 1. The lowest BCUT2D eigenvalue weighted by Gasteiger charge is -2.21. The molecular weight excluding hydrogens is 298 g/mol. The second kappa shape index (κ2) is 5.37. The summed E-state index contributed by atoms with van der Waals surface area (Å²) in [6.45, 7) is 2.07. The van der Waals surface area contributed by atoms with Crippen molar-refractivity contribution < 1.29 is 0 Å². The number of rotatable bonds is 1. The molecule has 0 radical (unpaired) electrons. The van der Waals surface area contributed by atoms with Gasteiger partial charge in [0, 0.05) is 25.0 Å². The first kappa shape index (κ1) is 11.5. The molecule has 0 bridgehead atoms. The van der Waals surface area contributed by atoms with Crippen molar-refractivity contribution in [1.82, 2.24) is 9.97 Å². The van der Waals surface area contributed by atoms with Crippen LogP contribution in [-0.2, 0) is 0 Å². The Labute approximate surface area is 107 Å². The van der Waals surface area contributed by atoms with Crippen LogP contribution in [0.2, 0.25) is 5.28 Å². The van der Waals surface area contributed by atoms with E-state index in [4.69, 9.17) is 11.6 Å². The van der Waals surface area contributed by atoms with Crippen molar-refractivity contribution in [3.8, 4) is 0 Å². The predicted octanol–water partition coefficient (Wildman–Crippen LogP) is 2.84. The topological polar surface area (TPSA) is 29.0 Å². The fraction of sp³-hybridized carbons (Fsp3) is 0.556. The van der Waals surface area contributed by atoms with E-state index in [1.54, 1.807) is 6.20 Å². The van der Waals surface area contributed by atoms with Gasteiger partial charge in [0.25, 0.3) is 0 Å². The monoisotopic (exact) mass is 307 g/mol. The molecule has 0 aromatic carbocycles. The summed E-state index contributed by atoms with van der Waals surface area (Å²) in [7, 11) is 0. The van der Waals surface area contributed by atoms with Crippen molar-refractivity contribution in [1.29, 1.82) is 0 Å². The summed E-state index contributed by atoms with van der Waals surface area (Å²) in [5.41, 5.74) is 0. The van der Waals surface area contributed by atoms with Crippen molar-refractivity contribution >= 4 is 45.1 Å². The van der Waals surface area contributed by atoms with Crippen LogP contribution in [0.15, 0.2) is 10.7 Å². The minimum absolute atomic E-state index is 0.310. The van der Waals surface area contributed by atoms with Crippen molar-refractivity contribution in [2.24, 2.45) is 0 Å². The van der Waals surface area contributed by atoms with Gasteiger partial charge >= 0.3 is 0 Å². The van der Waals surface area contributed by atoms with E-state index in [0.29, 0.717) is 5.28 Å². The second-order valence-electron chi connectivity index (χ2n) is 3.26. The van der Waals surface area contributed by atoms with Gasteiger partial charge < -0.3 is 4.90 Å². The summed E-state index contributed by atoms with van der Waals surface area (Å²) >= 11 is 11.3. The van der Waals surface area contributed by atoms with Gasteiger partial charge in [-0.3, -0.25) is 0 Å². The van der Waals surface area contributed by atoms with Gasteiger partial charge in [0.15, 0.2) is 0 Å². The first-order valence-corrected chi connectivity index (χ1v) is 7.10. The third-order valence-corrected chi connectivity index (χ3v) is 4.01. The van der Waals surface area contributed by atoms with Crippen LogP contribution >= 0.6 is 39.3 Å². The minimum Gasteiger partial charge on any atom is -0.355 e. The molecular formula is C9H11BrClN3S. The first-order chi connectivity index (χ1) is 7.27. The zero-order valence-corrected chi connectivity index (χ0v) is 11.3. The molecule has 2 heterocycles. The van der Waals surface area contributed by atoms with E-state index in [0.717, 1.165) is 29.1 Å². The van der Waals surface area contributed by atoms with Gasteiger partial charge in [0.05, 0.1) is 4.47 Å². The zero-order valence-electron chi connectivity index (χ0n) is 8.12. The van der Waals surface area contributed by atoms with E-state index in [9.17, 15) is 0 Å². The van der Waals surface area contributed by atoms with Gasteiger partial charge in [-0.05, 0) is 39.7 Å². The number of thioether (sulfide) groups is 1. The fourth-order valence-electron chi connectivity index (χ4n) is 1.52. The van der Waals surface area contributed by atoms with Crippen LogP contribution in [0.4, 0.5) is 5.82 Å². The predicted molar refractivity (Wildman–Crippen MR) is 68.9 cm³/mol. The number of hydrogen-bond donors (Lipinski definition) is 0. The largest absolute Gasteiger partial charge is 0.355 e. The molecule has 6 heteroatoms. The molecule has 0 atom stereocenters. The van der Waals surface area contributed by atoms with Crippen molar-refractivity contribution in [2.45, 2.75) is 6.42 Å². The van der Waals surface area contributed by atoms with Crippen LogP contribution < -0.4 is 4.90 Å². The average molecular weight is 309 g/mol. The highest BCUT2D eigenvalue weighted by Crippen LogP contribution is 2.26. The van der Waals surface area contributed by atoms with Crippen LogP contribution in [-0.4, -0.2) is 34.6 Å². The van der Waals surface area contributed by atoms with Crippen molar-refractivity contribution in [2.75, 3.05) is 29.5 Å². The van der Waals surface area contributed by atoms with E-state index >= 15 is 0 Å². The molecule has 1 aromatic rings. The number of nitrogens with zero attached hydrogens (tertiary/aromatic N) is 3. The molecule has 0 unspecified atom stereocenters.